The van der Waals surface area contributed by atoms with Crippen molar-refractivity contribution in [2.24, 2.45) is 11.8 Å². The van der Waals surface area contributed by atoms with Gasteiger partial charge in [-0.2, -0.15) is 0 Å². The second-order valence-electron chi connectivity index (χ2n) is 8.71. The van der Waals surface area contributed by atoms with E-state index in [-0.39, 0.29) is 5.91 Å². The molecule has 0 aromatic carbocycles. The van der Waals surface area contributed by atoms with Gasteiger partial charge < -0.3 is 14.2 Å². The zero-order valence-electron chi connectivity index (χ0n) is 18.7. The van der Waals surface area contributed by atoms with Gasteiger partial charge >= 0.3 is 0 Å². The van der Waals surface area contributed by atoms with E-state index >= 15 is 0 Å². The summed E-state index contributed by atoms with van der Waals surface area (Å²) in [6.45, 7) is 5.35. The summed E-state index contributed by atoms with van der Waals surface area (Å²) in [5, 5.41) is 9.69. The zero-order valence-corrected chi connectivity index (χ0v) is 18.7. The van der Waals surface area contributed by atoms with Crippen molar-refractivity contribution >= 4 is 5.91 Å². The predicted molar refractivity (Wildman–Crippen MR) is 113 cm³/mol. The van der Waals surface area contributed by atoms with E-state index in [1.807, 2.05) is 0 Å². The van der Waals surface area contributed by atoms with Crippen LogP contribution < -0.4 is 0 Å². The van der Waals surface area contributed by atoms with E-state index in [9.17, 15) is 4.79 Å². The van der Waals surface area contributed by atoms with Crippen molar-refractivity contribution in [2.75, 3.05) is 33.5 Å². The predicted octanol–water partition coefficient (Wildman–Crippen LogP) is 4.58. The van der Waals surface area contributed by atoms with Gasteiger partial charge in [0.05, 0.1) is 12.2 Å². The molecule has 1 amide bonds. The Labute approximate surface area is 177 Å². The van der Waals surface area contributed by atoms with Crippen LogP contribution in [0.5, 0.6) is 0 Å². The van der Waals surface area contributed by atoms with E-state index in [0.29, 0.717) is 48.6 Å². The average Bonchev–Trinajstić information content (AvgIpc) is 3.31. The molecule has 0 aromatic heterocycles. The van der Waals surface area contributed by atoms with Gasteiger partial charge in [0.15, 0.2) is 0 Å². The number of fused-ring (bicyclic) bond motifs is 2. The highest BCUT2D eigenvalue weighted by Crippen LogP contribution is 2.47. The van der Waals surface area contributed by atoms with Crippen molar-refractivity contribution in [3.05, 3.63) is 0 Å². The average molecular weight is 414 g/mol. The van der Waals surface area contributed by atoms with Crippen molar-refractivity contribution in [3.63, 3.8) is 0 Å². The van der Waals surface area contributed by atoms with E-state index in [1.165, 1.54) is 58.4 Å². The highest BCUT2D eigenvalue weighted by atomic mass is 16.5. The maximum atomic E-state index is 11.3. The van der Waals surface area contributed by atoms with Crippen LogP contribution in [0, 0.1) is 11.8 Å². The highest BCUT2D eigenvalue weighted by molar-refractivity contribution is 5.74. The van der Waals surface area contributed by atoms with Crippen LogP contribution in [-0.2, 0) is 19.0 Å². The molecule has 6 heteroatoms. The summed E-state index contributed by atoms with van der Waals surface area (Å²) in [5.41, 5.74) is 0. The van der Waals surface area contributed by atoms with E-state index in [2.05, 4.69) is 6.92 Å². The SMILES string of the molecule is CCCCCCOCCCC[C@@H]1[C@H](CCOCCCC(=O)N(C)O)[C@@H]2CC[C@H]1O2. The first-order chi connectivity index (χ1) is 14.1. The van der Waals surface area contributed by atoms with Crippen LogP contribution in [0.3, 0.4) is 0 Å². The van der Waals surface area contributed by atoms with Gasteiger partial charge in [0.1, 0.15) is 0 Å². The summed E-state index contributed by atoms with van der Waals surface area (Å²) < 4.78 is 17.7. The molecule has 0 aliphatic carbocycles. The molecule has 2 heterocycles. The molecule has 2 aliphatic heterocycles. The summed E-state index contributed by atoms with van der Waals surface area (Å²) in [7, 11) is 1.36. The Morgan fingerprint density at radius 2 is 1.52 bits per heavy atom. The third-order valence-corrected chi connectivity index (χ3v) is 6.44. The molecule has 0 aromatic rings. The number of ether oxygens (including phenoxy) is 3. The monoisotopic (exact) mass is 413 g/mol. The molecule has 4 atom stereocenters. The number of nitrogens with zero attached hydrogens (tertiary/aromatic N) is 1. The summed E-state index contributed by atoms with van der Waals surface area (Å²) in [5.74, 6) is 1.03. The Morgan fingerprint density at radius 1 is 0.897 bits per heavy atom. The lowest BCUT2D eigenvalue weighted by Crippen LogP contribution is -2.28. The van der Waals surface area contributed by atoms with Crippen LogP contribution in [0.1, 0.15) is 84.0 Å². The highest BCUT2D eigenvalue weighted by Gasteiger charge is 2.47. The molecule has 0 radical (unpaired) electrons. The molecule has 0 spiro atoms. The molecule has 2 fully saturated rings. The van der Waals surface area contributed by atoms with Gasteiger partial charge in [-0.05, 0) is 56.8 Å². The molecule has 6 nitrogen and oxygen atoms in total. The number of unbranched alkanes of at least 4 members (excludes halogenated alkanes) is 4. The van der Waals surface area contributed by atoms with E-state index in [0.717, 1.165) is 32.7 Å². The van der Waals surface area contributed by atoms with Crippen molar-refractivity contribution in [1.82, 2.24) is 5.06 Å². The Kier molecular flexibility index (Phi) is 12.2. The Bertz CT molecular complexity index is 445. The smallest absolute Gasteiger partial charge is 0.245 e. The lowest BCUT2D eigenvalue weighted by atomic mass is 9.75. The maximum Gasteiger partial charge on any atom is 0.245 e. The second-order valence-corrected chi connectivity index (χ2v) is 8.71. The number of rotatable bonds is 17. The first kappa shape index (κ1) is 24.6. The summed E-state index contributed by atoms with van der Waals surface area (Å²) in [6.07, 6.45) is 14.0. The minimum atomic E-state index is -0.264. The van der Waals surface area contributed by atoms with E-state index < -0.39 is 0 Å². The third kappa shape index (κ3) is 8.91. The van der Waals surface area contributed by atoms with Crippen molar-refractivity contribution in [2.45, 2.75) is 96.2 Å². The molecule has 0 unspecified atom stereocenters. The molecular formula is C23H43NO5. The van der Waals surface area contributed by atoms with Crippen LogP contribution in [0.2, 0.25) is 0 Å². The third-order valence-electron chi connectivity index (χ3n) is 6.44. The van der Waals surface area contributed by atoms with Crippen molar-refractivity contribution < 1.29 is 24.2 Å². The van der Waals surface area contributed by atoms with Crippen molar-refractivity contribution in [3.8, 4) is 0 Å². The minimum Gasteiger partial charge on any atom is -0.381 e. The lowest BCUT2D eigenvalue weighted by molar-refractivity contribution is -0.159. The van der Waals surface area contributed by atoms with Gasteiger partial charge in [-0.15, -0.1) is 0 Å². The fourth-order valence-electron chi connectivity index (χ4n) is 4.80. The number of carbonyl (C=O) groups excluding carboxylic acids is 1. The molecule has 1 N–H and O–H groups in total. The Balaban J connectivity index is 1.53. The standard InChI is InChI=1S/C23H43NO5/c1-3-4-5-7-15-27-16-8-6-10-19-20(22-13-12-21(19)29-22)14-18-28-17-9-11-23(25)24(2)26/h19-22,26H,3-18H2,1-2H3/t19-,20+,21-,22+/m1/s1. The fraction of sp³-hybridized carbons (Fsp3) is 0.957. The molecule has 170 valence electrons. The quantitative estimate of drug-likeness (QED) is 0.215. The minimum absolute atomic E-state index is 0.264. The van der Waals surface area contributed by atoms with Gasteiger partial charge in [-0.1, -0.05) is 32.6 Å². The molecule has 2 rings (SSSR count). The molecule has 2 aliphatic rings. The lowest BCUT2D eigenvalue weighted by Gasteiger charge is -2.28. The number of hydroxylamine groups is 2. The summed E-state index contributed by atoms with van der Waals surface area (Å²) >= 11 is 0. The van der Waals surface area contributed by atoms with Gasteiger partial charge in [-0.25, -0.2) is 5.06 Å². The topological polar surface area (TPSA) is 68.2 Å². The molecule has 2 bridgehead atoms. The van der Waals surface area contributed by atoms with Crippen LogP contribution >= 0.6 is 0 Å². The normalized spacial score (nSPS) is 25.6. The molecular weight excluding hydrogens is 370 g/mol. The Morgan fingerprint density at radius 3 is 2.21 bits per heavy atom. The summed E-state index contributed by atoms with van der Waals surface area (Å²) in [4.78, 5) is 11.3. The number of hydrogen-bond acceptors (Lipinski definition) is 5. The molecule has 2 saturated heterocycles. The van der Waals surface area contributed by atoms with E-state index in [4.69, 9.17) is 19.4 Å². The molecule has 0 saturated carbocycles. The van der Waals surface area contributed by atoms with Gasteiger partial charge in [-0.3, -0.25) is 10.0 Å². The largest absolute Gasteiger partial charge is 0.381 e. The summed E-state index contributed by atoms with van der Waals surface area (Å²) in [6, 6.07) is 0. The first-order valence-electron chi connectivity index (χ1n) is 11.9. The number of hydrogen-bond donors (Lipinski definition) is 1. The number of carbonyl (C=O) groups is 1. The zero-order chi connectivity index (χ0) is 20.9. The van der Waals surface area contributed by atoms with Crippen LogP contribution in [-0.4, -0.2) is 61.9 Å². The maximum absolute atomic E-state index is 11.3. The Hall–Kier alpha value is -0.690. The first-order valence-corrected chi connectivity index (χ1v) is 11.9. The van der Waals surface area contributed by atoms with E-state index in [1.54, 1.807) is 0 Å². The van der Waals surface area contributed by atoms with Crippen molar-refractivity contribution in [1.29, 1.82) is 0 Å². The van der Waals surface area contributed by atoms with Crippen LogP contribution in [0.15, 0.2) is 0 Å². The fourth-order valence-corrected chi connectivity index (χ4v) is 4.80. The number of amides is 1. The van der Waals surface area contributed by atoms with Gasteiger partial charge in [0.25, 0.3) is 0 Å². The molecule has 29 heavy (non-hydrogen) atoms. The van der Waals surface area contributed by atoms with Gasteiger partial charge in [0, 0.05) is 39.9 Å². The second kappa shape index (κ2) is 14.3. The van der Waals surface area contributed by atoms with Gasteiger partial charge in [0.2, 0.25) is 5.91 Å². The van der Waals surface area contributed by atoms with Crippen LogP contribution in [0.4, 0.5) is 0 Å². The van der Waals surface area contributed by atoms with Crippen LogP contribution in [0.25, 0.3) is 0 Å².